The maximum atomic E-state index is 11.8. The van der Waals surface area contributed by atoms with Crippen LogP contribution >= 0.6 is 11.3 Å². The van der Waals surface area contributed by atoms with Crippen LogP contribution in [0.25, 0.3) is 0 Å². The molecule has 0 saturated carbocycles. The summed E-state index contributed by atoms with van der Waals surface area (Å²) in [5.74, 6) is 0.593. The Morgan fingerprint density at radius 3 is 2.90 bits per heavy atom. The highest BCUT2D eigenvalue weighted by Gasteiger charge is 2.07. The van der Waals surface area contributed by atoms with Crippen molar-refractivity contribution in [3.63, 3.8) is 0 Å². The summed E-state index contributed by atoms with van der Waals surface area (Å²) in [5, 5.41) is 8.21. The van der Waals surface area contributed by atoms with E-state index in [0.29, 0.717) is 18.8 Å². The fourth-order valence-electron chi connectivity index (χ4n) is 1.86. The monoisotopic (exact) mass is 289 g/mol. The highest BCUT2D eigenvalue weighted by Crippen LogP contribution is 2.17. The van der Waals surface area contributed by atoms with Crippen LogP contribution in [0.2, 0.25) is 0 Å². The molecule has 0 aliphatic carbocycles. The van der Waals surface area contributed by atoms with E-state index in [4.69, 9.17) is 0 Å². The zero-order chi connectivity index (χ0) is 14.4. The van der Waals surface area contributed by atoms with E-state index in [2.05, 4.69) is 34.0 Å². The number of amides is 1. The molecule has 2 rings (SSSR count). The fraction of sp³-hybridized carbons (Fsp3) is 0.333. The van der Waals surface area contributed by atoms with E-state index in [1.54, 1.807) is 17.4 Å². The van der Waals surface area contributed by atoms with E-state index in [1.807, 2.05) is 25.1 Å². The van der Waals surface area contributed by atoms with Crippen LogP contribution in [0, 0.1) is 6.92 Å². The van der Waals surface area contributed by atoms with E-state index in [9.17, 15) is 4.79 Å². The molecule has 0 aliphatic heterocycles. The van der Waals surface area contributed by atoms with E-state index in [0.717, 1.165) is 5.69 Å². The Balaban J connectivity index is 1.73. The molecular weight excluding hydrogens is 270 g/mol. The lowest BCUT2D eigenvalue weighted by Crippen LogP contribution is -2.24. The van der Waals surface area contributed by atoms with Gasteiger partial charge in [-0.05, 0) is 37.4 Å². The third-order valence-corrected chi connectivity index (χ3v) is 3.98. The minimum atomic E-state index is -0.0195. The lowest BCUT2D eigenvalue weighted by molar-refractivity contribution is -0.116. The molecule has 20 heavy (non-hydrogen) atoms. The first-order valence-electron chi connectivity index (χ1n) is 6.65. The van der Waals surface area contributed by atoms with Gasteiger partial charge in [-0.25, -0.2) is 4.98 Å². The zero-order valence-electron chi connectivity index (χ0n) is 11.7. The fourth-order valence-corrected chi connectivity index (χ4v) is 2.62. The molecule has 1 amide bonds. The van der Waals surface area contributed by atoms with E-state index < -0.39 is 0 Å². The molecular formula is C15H19N3OS. The van der Waals surface area contributed by atoms with Crippen molar-refractivity contribution in [2.45, 2.75) is 26.3 Å². The average molecular weight is 289 g/mol. The first-order chi connectivity index (χ1) is 9.65. The van der Waals surface area contributed by atoms with Gasteiger partial charge in [-0.15, -0.1) is 11.3 Å². The molecule has 0 radical (unpaired) electrons. The summed E-state index contributed by atoms with van der Waals surface area (Å²) in [7, 11) is 0. The van der Waals surface area contributed by atoms with Crippen LogP contribution in [0.3, 0.4) is 0 Å². The molecule has 0 aliphatic rings. The van der Waals surface area contributed by atoms with Crippen molar-refractivity contribution < 1.29 is 4.79 Å². The molecule has 0 spiro atoms. The summed E-state index contributed by atoms with van der Waals surface area (Å²) >= 11 is 1.72. The number of nitrogens with zero attached hydrogens (tertiary/aromatic N) is 1. The first kappa shape index (κ1) is 14.7. The second kappa shape index (κ2) is 7.17. The largest absolute Gasteiger partial charge is 0.311 e. The molecule has 1 atom stereocenters. The number of pyridine rings is 1. The second-order valence-electron chi connectivity index (χ2n) is 4.65. The van der Waals surface area contributed by atoms with E-state index in [-0.39, 0.29) is 11.9 Å². The summed E-state index contributed by atoms with van der Waals surface area (Å²) in [6, 6.07) is 9.99. The van der Waals surface area contributed by atoms with Crippen LogP contribution in [0.5, 0.6) is 0 Å². The molecule has 106 valence electrons. The van der Waals surface area contributed by atoms with Crippen molar-refractivity contribution >= 4 is 23.1 Å². The van der Waals surface area contributed by atoms with Gasteiger partial charge in [0.2, 0.25) is 5.91 Å². The summed E-state index contributed by atoms with van der Waals surface area (Å²) < 4.78 is 0. The summed E-state index contributed by atoms with van der Waals surface area (Å²) in [6.45, 7) is 4.66. The number of carbonyl (C=O) groups is 1. The maximum Gasteiger partial charge on any atom is 0.226 e. The highest BCUT2D eigenvalue weighted by molar-refractivity contribution is 7.10. The minimum absolute atomic E-state index is 0.0195. The quantitative estimate of drug-likeness (QED) is 0.859. The second-order valence-corrected chi connectivity index (χ2v) is 5.63. The third kappa shape index (κ3) is 4.43. The van der Waals surface area contributed by atoms with Gasteiger partial charge in [0.15, 0.2) is 0 Å². The number of aromatic nitrogens is 1. The first-order valence-corrected chi connectivity index (χ1v) is 7.53. The van der Waals surface area contributed by atoms with Crippen molar-refractivity contribution in [1.82, 2.24) is 10.3 Å². The molecule has 2 aromatic rings. The van der Waals surface area contributed by atoms with Gasteiger partial charge in [-0.1, -0.05) is 12.1 Å². The Morgan fingerprint density at radius 1 is 1.35 bits per heavy atom. The van der Waals surface area contributed by atoms with Gasteiger partial charge in [0.05, 0.1) is 0 Å². The molecule has 5 heteroatoms. The molecule has 1 unspecified atom stereocenters. The van der Waals surface area contributed by atoms with Crippen molar-refractivity contribution in [2.24, 2.45) is 0 Å². The van der Waals surface area contributed by atoms with Crippen LogP contribution in [0.4, 0.5) is 5.82 Å². The van der Waals surface area contributed by atoms with Gasteiger partial charge in [0.1, 0.15) is 5.82 Å². The molecule has 4 nitrogen and oxygen atoms in total. The summed E-state index contributed by atoms with van der Waals surface area (Å²) in [6.07, 6.45) is 0.436. The molecule has 2 N–H and O–H groups in total. The van der Waals surface area contributed by atoms with Crippen molar-refractivity contribution in [3.05, 3.63) is 46.3 Å². The topological polar surface area (TPSA) is 54.0 Å². The van der Waals surface area contributed by atoms with E-state index in [1.165, 1.54) is 4.88 Å². The molecule has 0 bridgehead atoms. The van der Waals surface area contributed by atoms with Gasteiger partial charge >= 0.3 is 0 Å². The molecule has 0 fully saturated rings. The predicted molar refractivity (Wildman–Crippen MR) is 83.0 cm³/mol. The predicted octanol–water partition coefficient (Wildman–Crippen LogP) is 3.13. The smallest absolute Gasteiger partial charge is 0.226 e. The Kier molecular flexibility index (Phi) is 5.26. The Hall–Kier alpha value is -1.72. The summed E-state index contributed by atoms with van der Waals surface area (Å²) in [4.78, 5) is 17.3. The lowest BCUT2D eigenvalue weighted by Gasteiger charge is -2.11. The van der Waals surface area contributed by atoms with Crippen molar-refractivity contribution in [2.75, 3.05) is 11.9 Å². The number of anilines is 1. The van der Waals surface area contributed by atoms with Gasteiger partial charge in [0, 0.05) is 29.6 Å². The van der Waals surface area contributed by atoms with Crippen LogP contribution in [-0.2, 0) is 4.79 Å². The number of carbonyl (C=O) groups excluding carboxylic acids is 1. The van der Waals surface area contributed by atoms with Crippen molar-refractivity contribution in [1.29, 1.82) is 0 Å². The Bertz CT molecular complexity index is 554. The standard InChI is InChI=1S/C15H19N3OS/c1-11-5-3-7-14(17-11)18-15(19)8-9-16-12(2)13-6-4-10-20-13/h3-7,10,12,16H,8-9H2,1-2H3,(H,17,18,19). The summed E-state index contributed by atoms with van der Waals surface area (Å²) in [5.41, 5.74) is 0.896. The van der Waals surface area contributed by atoms with Gasteiger partial charge in [-0.2, -0.15) is 0 Å². The number of hydrogen-bond donors (Lipinski definition) is 2. The van der Waals surface area contributed by atoms with Crippen LogP contribution in [0.1, 0.15) is 30.0 Å². The van der Waals surface area contributed by atoms with Crippen molar-refractivity contribution in [3.8, 4) is 0 Å². The van der Waals surface area contributed by atoms with E-state index >= 15 is 0 Å². The number of aryl methyl sites for hydroxylation is 1. The minimum Gasteiger partial charge on any atom is -0.311 e. The molecule has 2 aromatic heterocycles. The number of rotatable bonds is 6. The SMILES string of the molecule is Cc1cccc(NC(=O)CCNC(C)c2cccs2)n1. The molecule has 2 heterocycles. The zero-order valence-corrected chi connectivity index (χ0v) is 12.5. The third-order valence-electron chi connectivity index (χ3n) is 2.93. The van der Waals surface area contributed by atoms with Crippen LogP contribution in [-0.4, -0.2) is 17.4 Å². The van der Waals surface area contributed by atoms with Gasteiger partial charge in [0.25, 0.3) is 0 Å². The highest BCUT2D eigenvalue weighted by atomic mass is 32.1. The van der Waals surface area contributed by atoms with Crippen LogP contribution in [0.15, 0.2) is 35.7 Å². The number of nitrogens with one attached hydrogen (secondary N) is 2. The molecule has 0 aromatic carbocycles. The number of hydrogen-bond acceptors (Lipinski definition) is 4. The Labute approximate surface area is 123 Å². The lowest BCUT2D eigenvalue weighted by atomic mass is 10.2. The van der Waals surface area contributed by atoms with Gasteiger partial charge in [-0.3, -0.25) is 4.79 Å². The molecule has 0 saturated heterocycles. The van der Waals surface area contributed by atoms with Gasteiger partial charge < -0.3 is 10.6 Å². The maximum absolute atomic E-state index is 11.8. The normalized spacial score (nSPS) is 12.1. The number of thiophene rings is 1. The Morgan fingerprint density at radius 2 is 2.20 bits per heavy atom. The van der Waals surface area contributed by atoms with Crippen LogP contribution < -0.4 is 10.6 Å². The average Bonchev–Trinajstić information content (AvgIpc) is 2.92.